The van der Waals surface area contributed by atoms with Crippen LogP contribution in [0.3, 0.4) is 0 Å². The minimum Gasteiger partial charge on any atom is -0.275 e. The molecule has 0 aliphatic heterocycles. The predicted octanol–water partition coefficient (Wildman–Crippen LogP) is 4.00. The molecule has 0 fully saturated rings. The number of anilines is 1. The lowest BCUT2D eigenvalue weighted by Gasteiger charge is -2.15. The standard InChI is InChI=1S/C12H10Cl2N4S/c13-11-8-2-1-3-9(10(8)12(14)19-11)18-17-7-4-15-6-16-5-7/h4-6,17H,1-3H2/b18-9-. The van der Waals surface area contributed by atoms with Gasteiger partial charge in [0, 0.05) is 5.56 Å². The molecule has 0 bridgehead atoms. The number of nitrogens with one attached hydrogen (secondary N) is 1. The molecule has 19 heavy (non-hydrogen) atoms. The average molecular weight is 313 g/mol. The summed E-state index contributed by atoms with van der Waals surface area (Å²) in [5.41, 5.74) is 6.76. The van der Waals surface area contributed by atoms with E-state index in [4.69, 9.17) is 23.2 Å². The van der Waals surface area contributed by atoms with Crippen LogP contribution >= 0.6 is 34.5 Å². The maximum Gasteiger partial charge on any atom is 0.115 e. The summed E-state index contributed by atoms with van der Waals surface area (Å²) in [4.78, 5) is 7.85. The topological polar surface area (TPSA) is 50.2 Å². The lowest BCUT2D eigenvalue weighted by molar-refractivity contribution is 0.842. The zero-order chi connectivity index (χ0) is 13.2. The first kappa shape index (κ1) is 12.8. The number of hydrogen-bond acceptors (Lipinski definition) is 5. The molecule has 2 heterocycles. The fraction of sp³-hybridized carbons (Fsp3) is 0.250. The molecule has 0 spiro atoms. The van der Waals surface area contributed by atoms with Crippen molar-refractivity contribution in [1.29, 1.82) is 0 Å². The van der Waals surface area contributed by atoms with E-state index in [1.54, 1.807) is 12.4 Å². The highest BCUT2D eigenvalue weighted by Crippen LogP contribution is 2.40. The van der Waals surface area contributed by atoms with E-state index in [0.29, 0.717) is 4.34 Å². The molecule has 4 nitrogen and oxygen atoms in total. The Hall–Kier alpha value is -1.17. The number of halogens is 2. The summed E-state index contributed by atoms with van der Waals surface area (Å²) in [5, 5.41) is 4.42. The summed E-state index contributed by atoms with van der Waals surface area (Å²) < 4.78 is 1.49. The Balaban J connectivity index is 1.91. The Morgan fingerprint density at radius 2 is 1.95 bits per heavy atom. The van der Waals surface area contributed by atoms with E-state index in [9.17, 15) is 0 Å². The van der Waals surface area contributed by atoms with Crippen LogP contribution in [-0.4, -0.2) is 15.7 Å². The summed E-state index contributed by atoms with van der Waals surface area (Å²) in [6.07, 6.45) is 7.70. The third-order valence-electron chi connectivity index (χ3n) is 2.92. The van der Waals surface area contributed by atoms with Crippen LogP contribution in [0.25, 0.3) is 0 Å². The van der Waals surface area contributed by atoms with Crippen LogP contribution in [0.1, 0.15) is 24.0 Å². The fourth-order valence-electron chi connectivity index (χ4n) is 2.08. The SMILES string of the molecule is Clc1sc(Cl)c2c1CCC/C2=N/Nc1cncnc1. The number of rotatable bonds is 2. The molecule has 0 aromatic carbocycles. The molecule has 1 aliphatic rings. The van der Waals surface area contributed by atoms with Crippen molar-refractivity contribution in [2.24, 2.45) is 5.10 Å². The van der Waals surface area contributed by atoms with Gasteiger partial charge in [-0.3, -0.25) is 5.43 Å². The van der Waals surface area contributed by atoms with Crippen LogP contribution in [0.2, 0.25) is 8.67 Å². The van der Waals surface area contributed by atoms with Crippen molar-refractivity contribution >= 4 is 45.9 Å². The molecule has 7 heteroatoms. The van der Waals surface area contributed by atoms with Gasteiger partial charge in [0.2, 0.25) is 0 Å². The number of thiophene rings is 1. The molecule has 0 unspecified atom stereocenters. The van der Waals surface area contributed by atoms with Gasteiger partial charge in [0.15, 0.2) is 0 Å². The van der Waals surface area contributed by atoms with E-state index in [2.05, 4.69) is 20.5 Å². The average Bonchev–Trinajstić information content (AvgIpc) is 2.74. The zero-order valence-electron chi connectivity index (χ0n) is 9.86. The van der Waals surface area contributed by atoms with Crippen molar-refractivity contribution < 1.29 is 0 Å². The molecule has 0 radical (unpaired) electrons. The summed E-state index contributed by atoms with van der Waals surface area (Å²) >= 11 is 13.8. The summed E-state index contributed by atoms with van der Waals surface area (Å²) in [5.74, 6) is 0. The molecule has 0 saturated carbocycles. The van der Waals surface area contributed by atoms with Gasteiger partial charge in [-0.25, -0.2) is 9.97 Å². The Kier molecular flexibility index (Phi) is 3.68. The Morgan fingerprint density at radius 3 is 2.74 bits per heavy atom. The van der Waals surface area contributed by atoms with E-state index >= 15 is 0 Å². The van der Waals surface area contributed by atoms with Crippen molar-refractivity contribution in [2.75, 3.05) is 5.43 Å². The smallest absolute Gasteiger partial charge is 0.115 e. The second kappa shape index (κ2) is 5.45. The molecule has 2 aromatic rings. The predicted molar refractivity (Wildman–Crippen MR) is 79.5 cm³/mol. The summed E-state index contributed by atoms with van der Waals surface area (Å²) in [6.45, 7) is 0. The molecule has 0 amide bonds. The highest BCUT2D eigenvalue weighted by molar-refractivity contribution is 7.20. The molecule has 0 atom stereocenters. The molecule has 3 rings (SSSR count). The van der Waals surface area contributed by atoms with E-state index in [1.807, 2.05) is 0 Å². The van der Waals surface area contributed by atoms with Gasteiger partial charge in [0.05, 0.1) is 28.1 Å². The van der Waals surface area contributed by atoms with Crippen molar-refractivity contribution in [1.82, 2.24) is 9.97 Å². The summed E-state index contributed by atoms with van der Waals surface area (Å²) in [6, 6.07) is 0. The second-order valence-electron chi connectivity index (χ2n) is 4.15. The maximum absolute atomic E-state index is 6.24. The van der Waals surface area contributed by atoms with E-state index < -0.39 is 0 Å². The first-order chi connectivity index (χ1) is 9.25. The molecule has 1 aliphatic carbocycles. The number of aromatic nitrogens is 2. The van der Waals surface area contributed by atoms with Gasteiger partial charge in [-0.1, -0.05) is 23.2 Å². The second-order valence-corrected chi connectivity index (χ2v) is 6.38. The maximum atomic E-state index is 6.24. The van der Waals surface area contributed by atoms with Crippen molar-refractivity contribution in [3.63, 3.8) is 0 Å². The van der Waals surface area contributed by atoms with Gasteiger partial charge in [-0.2, -0.15) is 5.10 Å². The molecule has 1 N–H and O–H groups in total. The first-order valence-electron chi connectivity index (χ1n) is 5.80. The minimum absolute atomic E-state index is 0.713. The third kappa shape index (κ3) is 2.59. The largest absolute Gasteiger partial charge is 0.275 e. The van der Waals surface area contributed by atoms with Gasteiger partial charge in [0.25, 0.3) is 0 Å². The van der Waals surface area contributed by atoms with E-state index in [-0.39, 0.29) is 0 Å². The normalized spacial score (nSPS) is 16.4. The lowest BCUT2D eigenvalue weighted by atomic mass is 9.94. The van der Waals surface area contributed by atoms with Crippen molar-refractivity contribution in [2.45, 2.75) is 19.3 Å². The van der Waals surface area contributed by atoms with Crippen LogP contribution in [0.15, 0.2) is 23.8 Å². The zero-order valence-corrected chi connectivity index (χ0v) is 12.2. The van der Waals surface area contributed by atoms with Crippen LogP contribution in [0.4, 0.5) is 5.69 Å². The van der Waals surface area contributed by atoms with E-state index in [0.717, 1.165) is 46.1 Å². The number of nitrogens with zero attached hydrogens (tertiary/aromatic N) is 3. The van der Waals surface area contributed by atoms with Crippen LogP contribution in [0.5, 0.6) is 0 Å². The molecule has 98 valence electrons. The highest BCUT2D eigenvalue weighted by atomic mass is 35.5. The minimum atomic E-state index is 0.713. The van der Waals surface area contributed by atoms with Crippen LogP contribution in [0, 0.1) is 0 Å². The fourth-order valence-corrected chi connectivity index (χ4v) is 3.90. The Labute approximate surface area is 124 Å². The Bertz CT molecular complexity index is 624. The Morgan fingerprint density at radius 1 is 1.16 bits per heavy atom. The monoisotopic (exact) mass is 312 g/mol. The van der Waals surface area contributed by atoms with Crippen LogP contribution in [-0.2, 0) is 6.42 Å². The summed E-state index contributed by atoms with van der Waals surface area (Å²) in [7, 11) is 0. The van der Waals surface area contributed by atoms with Gasteiger partial charge in [0.1, 0.15) is 10.7 Å². The number of hydrazone groups is 1. The quantitative estimate of drug-likeness (QED) is 0.853. The van der Waals surface area contributed by atoms with E-state index in [1.165, 1.54) is 17.7 Å². The highest BCUT2D eigenvalue weighted by Gasteiger charge is 2.24. The van der Waals surface area contributed by atoms with Crippen molar-refractivity contribution in [3.8, 4) is 0 Å². The van der Waals surface area contributed by atoms with Crippen molar-refractivity contribution in [3.05, 3.63) is 38.5 Å². The first-order valence-corrected chi connectivity index (χ1v) is 7.37. The van der Waals surface area contributed by atoms with Gasteiger partial charge in [-0.05, 0) is 24.8 Å². The molecular weight excluding hydrogens is 303 g/mol. The van der Waals surface area contributed by atoms with Gasteiger partial charge < -0.3 is 0 Å². The lowest BCUT2D eigenvalue weighted by Crippen LogP contribution is -2.12. The van der Waals surface area contributed by atoms with Gasteiger partial charge >= 0.3 is 0 Å². The number of fused-ring (bicyclic) bond motifs is 1. The third-order valence-corrected chi connectivity index (χ3v) is 4.61. The number of hydrogen-bond donors (Lipinski definition) is 1. The van der Waals surface area contributed by atoms with Crippen LogP contribution < -0.4 is 5.43 Å². The molecular formula is C12H10Cl2N4S. The molecule has 0 saturated heterocycles. The molecule has 2 aromatic heterocycles. The van der Waals surface area contributed by atoms with Gasteiger partial charge in [-0.15, -0.1) is 11.3 Å².